The largest absolute Gasteiger partial charge is 0.407 e. The Morgan fingerprint density at radius 2 is 1.46 bits per heavy atom. The lowest BCUT2D eigenvalue weighted by molar-refractivity contribution is -0.157. The van der Waals surface area contributed by atoms with Crippen molar-refractivity contribution in [2.75, 3.05) is 13.2 Å². The summed E-state index contributed by atoms with van der Waals surface area (Å²) >= 11 is 12.8. The summed E-state index contributed by atoms with van der Waals surface area (Å²) in [6.07, 6.45) is 1.13. The van der Waals surface area contributed by atoms with Crippen molar-refractivity contribution in [2.45, 2.75) is 70.5 Å². The molecule has 0 bridgehead atoms. The van der Waals surface area contributed by atoms with Crippen LogP contribution in [0.4, 0.5) is 0 Å². The van der Waals surface area contributed by atoms with E-state index in [4.69, 9.17) is 27.6 Å². The first-order chi connectivity index (χ1) is 21.9. The van der Waals surface area contributed by atoms with E-state index in [0.29, 0.717) is 29.5 Å². The zero-order chi connectivity index (χ0) is 33.1. The molecule has 1 aliphatic rings. The number of piperidine rings is 1. The number of benzene rings is 4. The van der Waals surface area contributed by atoms with Gasteiger partial charge in [-0.05, 0) is 77.5 Å². The van der Waals surface area contributed by atoms with Gasteiger partial charge < -0.3 is 14.4 Å². The van der Waals surface area contributed by atoms with Gasteiger partial charge in [0.1, 0.15) is 0 Å². The van der Waals surface area contributed by atoms with E-state index in [-0.39, 0.29) is 35.6 Å². The minimum Gasteiger partial charge on any atom is -0.407 e. The maximum atomic E-state index is 14.5. The van der Waals surface area contributed by atoms with Crippen LogP contribution in [0.25, 0.3) is 0 Å². The molecule has 1 amide bonds. The molecule has 3 unspecified atom stereocenters. The van der Waals surface area contributed by atoms with Crippen molar-refractivity contribution in [3.63, 3.8) is 0 Å². The van der Waals surface area contributed by atoms with Gasteiger partial charge in [0, 0.05) is 28.6 Å². The number of rotatable bonds is 10. The SMILES string of the molecule is C[C@H](CCO[Si](c1ccccc1)(c1ccccc1)C(C)(C)C)N1C(=O)C(C)(CO)CC(c2cccc(Cl)c2)C1c1ccc(Cl)cc1. The maximum absolute atomic E-state index is 14.5. The average Bonchev–Trinajstić information content (AvgIpc) is 3.04. The van der Waals surface area contributed by atoms with E-state index in [2.05, 4.69) is 82.3 Å². The lowest BCUT2D eigenvalue weighted by Crippen LogP contribution is -2.66. The molecule has 1 N–H and O–H groups in total. The summed E-state index contributed by atoms with van der Waals surface area (Å²) in [6.45, 7) is 11.0. The number of hydrogen-bond donors (Lipinski definition) is 1. The van der Waals surface area contributed by atoms with Gasteiger partial charge in [-0.3, -0.25) is 4.79 Å². The number of amides is 1. The maximum Gasteiger partial charge on any atom is 0.261 e. The molecule has 1 aliphatic heterocycles. The number of carbonyl (C=O) groups excluding carboxylic acids is 1. The second-order valence-corrected chi connectivity index (χ2v) is 19.1. The summed E-state index contributed by atoms with van der Waals surface area (Å²) in [5.74, 6) is -0.138. The van der Waals surface area contributed by atoms with E-state index in [1.165, 1.54) is 10.4 Å². The predicted molar refractivity (Wildman–Crippen MR) is 193 cm³/mol. The molecule has 4 aromatic carbocycles. The number of nitrogens with zero attached hydrogens (tertiary/aromatic N) is 1. The zero-order valence-corrected chi connectivity index (χ0v) is 29.9. The van der Waals surface area contributed by atoms with Gasteiger partial charge in [-0.1, -0.05) is 129 Å². The molecule has 4 nitrogen and oxygen atoms in total. The monoisotopic (exact) mass is 673 g/mol. The summed E-state index contributed by atoms with van der Waals surface area (Å²) in [7, 11) is -2.75. The number of aliphatic hydroxyl groups excluding tert-OH is 1. The fraction of sp³-hybridized carbons (Fsp3) is 0.359. The van der Waals surface area contributed by atoms with Gasteiger partial charge in [0.15, 0.2) is 0 Å². The molecule has 7 heteroatoms. The summed E-state index contributed by atoms with van der Waals surface area (Å²) in [6, 6.07) is 36.4. The van der Waals surface area contributed by atoms with Crippen LogP contribution in [-0.2, 0) is 9.22 Å². The highest BCUT2D eigenvalue weighted by molar-refractivity contribution is 6.99. The molecule has 0 aromatic heterocycles. The molecule has 0 aliphatic carbocycles. The molecule has 1 heterocycles. The van der Waals surface area contributed by atoms with E-state index < -0.39 is 13.7 Å². The lowest BCUT2D eigenvalue weighted by Gasteiger charge is -2.51. The van der Waals surface area contributed by atoms with Gasteiger partial charge in [-0.15, -0.1) is 0 Å². The van der Waals surface area contributed by atoms with Gasteiger partial charge in [0.05, 0.1) is 18.1 Å². The molecule has 242 valence electrons. The Morgan fingerprint density at radius 1 is 0.870 bits per heavy atom. The van der Waals surface area contributed by atoms with Gasteiger partial charge in [-0.2, -0.15) is 0 Å². The molecule has 4 atom stereocenters. The molecule has 0 saturated carbocycles. The zero-order valence-electron chi connectivity index (χ0n) is 27.4. The van der Waals surface area contributed by atoms with Crippen LogP contribution in [0.1, 0.15) is 70.5 Å². The fourth-order valence-electron chi connectivity index (χ4n) is 7.30. The van der Waals surface area contributed by atoms with Crippen LogP contribution in [0.15, 0.2) is 109 Å². The Labute approximate surface area is 285 Å². The molecule has 5 rings (SSSR count). The van der Waals surface area contributed by atoms with Gasteiger partial charge in [-0.25, -0.2) is 0 Å². The van der Waals surface area contributed by atoms with E-state index in [1.807, 2.05) is 66.4 Å². The highest BCUT2D eigenvalue weighted by atomic mass is 35.5. The van der Waals surface area contributed by atoms with Crippen LogP contribution in [0.3, 0.4) is 0 Å². The van der Waals surface area contributed by atoms with Crippen molar-refractivity contribution in [1.82, 2.24) is 4.90 Å². The number of likely N-dealkylation sites (tertiary alicyclic amines) is 1. The Balaban J connectivity index is 1.54. The van der Waals surface area contributed by atoms with Crippen molar-refractivity contribution in [1.29, 1.82) is 0 Å². The first-order valence-corrected chi connectivity index (χ1v) is 18.8. The second-order valence-electron chi connectivity index (χ2n) is 13.9. The Morgan fingerprint density at radius 3 is 1.98 bits per heavy atom. The number of halogens is 2. The minimum atomic E-state index is -2.75. The van der Waals surface area contributed by atoms with Crippen LogP contribution < -0.4 is 10.4 Å². The van der Waals surface area contributed by atoms with Gasteiger partial charge >= 0.3 is 0 Å². The van der Waals surface area contributed by atoms with E-state index in [0.717, 1.165) is 11.1 Å². The third-order valence-corrected chi connectivity index (χ3v) is 15.2. The lowest BCUT2D eigenvalue weighted by atomic mass is 9.68. The van der Waals surface area contributed by atoms with Crippen molar-refractivity contribution >= 4 is 47.8 Å². The second kappa shape index (κ2) is 14.0. The molecule has 46 heavy (non-hydrogen) atoms. The van der Waals surface area contributed by atoms with Crippen LogP contribution in [0.5, 0.6) is 0 Å². The molecular formula is C39H45Cl2NO3Si. The number of hydrogen-bond acceptors (Lipinski definition) is 3. The predicted octanol–water partition coefficient (Wildman–Crippen LogP) is 8.40. The Bertz CT molecular complexity index is 1570. The number of carbonyl (C=O) groups is 1. The standard InChI is InChI=1S/C39H45Cl2NO3Si/c1-28(23-24-45-46(38(2,3)4,33-15-8-6-9-16-33)34-17-10-7-11-18-34)42-36(29-19-21-31(40)22-20-29)35(26-39(5,27-43)37(42)44)30-13-12-14-32(41)25-30/h6-22,25,28,35-36,43H,23-24,26-27H2,1-5H3/t28-,35?,36?,39?/m1/s1. The topological polar surface area (TPSA) is 49.8 Å². The van der Waals surface area contributed by atoms with Crippen molar-refractivity contribution in [2.24, 2.45) is 5.41 Å². The highest BCUT2D eigenvalue weighted by Gasteiger charge is 2.52. The molecule has 0 spiro atoms. The van der Waals surface area contributed by atoms with Crippen LogP contribution in [0, 0.1) is 5.41 Å². The quantitative estimate of drug-likeness (QED) is 0.172. The summed E-state index contributed by atoms with van der Waals surface area (Å²) in [5, 5.41) is 14.2. The molecule has 1 fully saturated rings. The van der Waals surface area contributed by atoms with E-state index in [1.54, 1.807) is 0 Å². The smallest absolute Gasteiger partial charge is 0.261 e. The fourth-order valence-corrected chi connectivity index (χ4v) is 12.2. The Kier molecular flexibility index (Phi) is 10.5. The minimum absolute atomic E-state index is 0.0498. The van der Waals surface area contributed by atoms with Gasteiger partial charge in [0.25, 0.3) is 8.32 Å². The molecule has 0 radical (unpaired) electrons. The first-order valence-electron chi connectivity index (χ1n) is 16.1. The van der Waals surface area contributed by atoms with Crippen molar-refractivity contribution in [3.05, 3.63) is 130 Å². The third kappa shape index (κ3) is 6.72. The van der Waals surface area contributed by atoms with Crippen LogP contribution >= 0.6 is 23.2 Å². The molecule has 4 aromatic rings. The highest BCUT2D eigenvalue weighted by Crippen LogP contribution is 2.51. The summed E-state index contributed by atoms with van der Waals surface area (Å²) in [4.78, 5) is 16.5. The summed E-state index contributed by atoms with van der Waals surface area (Å²) < 4.78 is 7.24. The molecule has 1 saturated heterocycles. The normalized spacial score (nSPS) is 21.3. The first kappa shape index (κ1) is 34.4. The van der Waals surface area contributed by atoms with E-state index >= 15 is 0 Å². The van der Waals surface area contributed by atoms with Crippen molar-refractivity contribution in [3.8, 4) is 0 Å². The van der Waals surface area contributed by atoms with Crippen molar-refractivity contribution < 1.29 is 14.3 Å². The average molecular weight is 675 g/mol. The number of aliphatic hydroxyl groups is 1. The van der Waals surface area contributed by atoms with Crippen LogP contribution in [-0.4, -0.2) is 43.5 Å². The third-order valence-electron chi connectivity index (χ3n) is 9.69. The Hall–Kier alpha value is -2.93. The summed E-state index contributed by atoms with van der Waals surface area (Å²) in [5.41, 5.74) is 1.10. The molecular weight excluding hydrogens is 629 g/mol. The van der Waals surface area contributed by atoms with E-state index in [9.17, 15) is 9.90 Å². The van der Waals surface area contributed by atoms with Crippen LogP contribution in [0.2, 0.25) is 15.1 Å². The van der Waals surface area contributed by atoms with Gasteiger partial charge in [0.2, 0.25) is 5.91 Å².